The first-order valence-electron chi connectivity index (χ1n) is 44.2. The molecule has 0 saturated heterocycles. The molecule has 1 rings (SSSR count). The van der Waals surface area contributed by atoms with Gasteiger partial charge in [0.15, 0.2) is 11.8 Å². The van der Waals surface area contributed by atoms with Crippen LogP contribution in [0.5, 0.6) is 0 Å². The van der Waals surface area contributed by atoms with E-state index in [1.807, 2.05) is 111 Å². The van der Waals surface area contributed by atoms with E-state index in [4.69, 9.17) is 46.5 Å². The molecule has 0 heterocycles. The number of ketones is 2. The van der Waals surface area contributed by atoms with Crippen molar-refractivity contribution in [2.45, 2.75) is 335 Å². The van der Waals surface area contributed by atoms with E-state index < -0.39 is 47.5 Å². The van der Waals surface area contributed by atoms with Crippen LogP contribution >= 0.6 is 23.5 Å². The lowest BCUT2D eigenvalue weighted by Crippen LogP contribution is -2.48. The Balaban J connectivity index is -0.000000316. The quantitative estimate of drug-likeness (QED) is 0.0202. The Kier molecular flexibility index (Phi) is 81.4. The summed E-state index contributed by atoms with van der Waals surface area (Å²) in [6.45, 7) is 64.9. The SMILES string of the molecule is CC(C)CCCC(=O)NCCCNC(=O)CC(C)C.CC(C)CCNC(=O)CC(C)C.CC(C)CCOCC(=O)CC(C)C.CC(C)CCOCCOCCNC(=O)CC(C)C.CC(C)CCOP(=O)(O)OCC(C)C.CC(C)COP(=O)(O)OC(C)C(NC(=O)CC(C)C)C(=O)O.CC(C)COP(=O)(O)OC1CCC(C(=O)CC(C)C)CC1. The monoisotopic (exact) mass is 1770 g/mol. The smallest absolute Gasteiger partial charge is 0.472 e. The van der Waals surface area contributed by atoms with Gasteiger partial charge in [-0.1, -0.05) is 200 Å². The molecule has 5 unspecified atom stereocenters. The molecule has 0 aromatic carbocycles. The second-order valence-corrected chi connectivity index (χ2v) is 41.0. The Labute approximate surface area is 722 Å². The molecule has 1 fully saturated rings. The third-order valence-corrected chi connectivity index (χ3v) is 19.3. The van der Waals surface area contributed by atoms with Crippen molar-refractivity contribution in [1.82, 2.24) is 26.6 Å². The van der Waals surface area contributed by atoms with Gasteiger partial charge in [-0.05, 0) is 154 Å². The molecule has 1 aliphatic carbocycles. The van der Waals surface area contributed by atoms with Crippen molar-refractivity contribution in [3.8, 4) is 0 Å². The predicted octanol–water partition coefficient (Wildman–Crippen LogP) is 18.1. The number of hydrogen-bond donors (Lipinski definition) is 9. The number of phosphoric acid groups is 3. The average molecular weight is 1770 g/mol. The number of carbonyl (C=O) groups excluding carboxylic acids is 7. The van der Waals surface area contributed by atoms with Gasteiger partial charge in [0.05, 0.1) is 58.5 Å². The minimum Gasteiger partial charge on any atom is -0.480 e. The summed E-state index contributed by atoms with van der Waals surface area (Å²) in [6.07, 6.45) is 11.9. The summed E-state index contributed by atoms with van der Waals surface area (Å²) in [4.78, 5) is 120. The van der Waals surface area contributed by atoms with Gasteiger partial charge >= 0.3 is 29.4 Å². The van der Waals surface area contributed by atoms with Gasteiger partial charge < -0.3 is 60.6 Å². The highest BCUT2D eigenvalue weighted by Crippen LogP contribution is 2.48. The van der Waals surface area contributed by atoms with E-state index in [0.717, 1.165) is 70.9 Å². The highest BCUT2D eigenvalue weighted by Gasteiger charge is 2.35. The van der Waals surface area contributed by atoms with Gasteiger partial charge in [-0.2, -0.15) is 0 Å². The van der Waals surface area contributed by atoms with Crippen LogP contribution in [-0.2, 0) is 93.4 Å². The Morgan fingerprint density at radius 1 is 0.345 bits per heavy atom. The molecule has 0 radical (unpaired) electrons. The van der Waals surface area contributed by atoms with Crippen LogP contribution in [0.25, 0.3) is 0 Å². The maximum Gasteiger partial charge on any atom is 0.472 e. The first kappa shape index (κ1) is 126. The number of aliphatic carboxylic acids is 1. The second kappa shape index (κ2) is 76.8. The van der Waals surface area contributed by atoms with Crippen LogP contribution in [0.2, 0.25) is 0 Å². The van der Waals surface area contributed by atoms with E-state index in [1.165, 1.54) is 6.92 Å². The van der Waals surface area contributed by atoms with E-state index in [1.54, 1.807) is 13.8 Å². The van der Waals surface area contributed by atoms with Crippen LogP contribution in [0.15, 0.2) is 0 Å². The number of rotatable bonds is 58. The summed E-state index contributed by atoms with van der Waals surface area (Å²) in [5, 5.41) is 22.9. The second-order valence-electron chi connectivity index (χ2n) is 36.7. The molecule has 0 aliphatic heterocycles. The van der Waals surface area contributed by atoms with Gasteiger partial charge in [-0.25, -0.2) is 18.5 Å². The molecule has 119 heavy (non-hydrogen) atoms. The first-order chi connectivity index (χ1) is 54.9. The minimum absolute atomic E-state index is 0.00204. The van der Waals surface area contributed by atoms with E-state index in [9.17, 15) is 66.7 Å². The lowest BCUT2D eigenvalue weighted by Gasteiger charge is -2.29. The highest BCUT2D eigenvalue weighted by atomic mass is 31.2. The molecule has 0 aromatic rings. The lowest BCUT2D eigenvalue weighted by molar-refractivity contribution is -0.144. The first-order valence-corrected chi connectivity index (χ1v) is 48.7. The molecule has 32 heteroatoms. The zero-order valence-electron chi connectivity index (χ0n) is 79.8. The number of carbonyl (C=O) groups is 8. The molecule has 0 bridgehead atoms. The predicted molar refractivity (Wildman–Crippen MR) is 477 cm³/mol. The number of amides is 5. The molecule has 5 atom stereocenters. The van der Waals surface area contributed by atoms with Gasteiger partial charge in [0.2, 0.25) is 29.5 Å². The summed E-state index contributed by atoms with van der Waals surface area (Å²) in [6, 6.07) is -1.44. The van der Waals surface area contributed by atoms with Crippen LogP contribution in [0.3, 0.4) is 0 Å². The summed E-state index contributed by atoms with van der Waals surface area (Å²) < 4.78 is 80.0. The summed E-state index contributed by atoms with van der Waals surface area (Å²) in [5.74, 6) is 4.98. The molecule has 0 spiro atoms. The molecule has 0 aromatic heterocycles. The normalized spacial score (nSPS) is 15.4. The van der Waals surface area contributed by atoms with Crippen molar-refractivity contribution < 1.29 is 113 Å². The summed E-state index contributed by atoms with van der Waals surface area (Å²) in [5.41, 5.74) is 0. The molecule has 29 nitrogen and oxygen atoms in total. The van der Waals surface area contributed by atoms with Crippen LogP contribution in [0.1, 0.15) is 316 Å². The van der Waals surface area contributed by atoms with Crippen LogP contribution < -0.4 is 26.6 Å². The lowest BCUT2D eigenvalue weighted by atomic mass is 9.82. The van der Waals surface area contributed by atoms with Crippen LogP contribution in [0, 0.1) is 88.8 Å². The number of ether oxygens (including phenoxy) is 3. The zero-order chi connectivity index (χ0) is 93.0. The largest absolute Gasteiger partial charge is 0.480 e. The Morgan fingerprint density at radius 3 is 1.13 bits per heavy atom. The number of nitrogens with one attached hydrogen (secondary N) is 5. The van der Waals surface area contributed by atoms with Gasteiger partial charge in [0.1, 0.15) is 12.4 Å². The molecule has 1 aliphatic rings. The van der Waals surface area contributed by atoms with E-state index in [2.05, 4.69) is 95.8 Å². The molecule has 1 saturated carbocycles. The van der Waals surface area contributed by atoms with Gasteiger partial charge in [0, 0.05) is 90.3 Å². The number of carboxylic acid groups (broad SMARTS) is 1. The Morgan fingerprint density at radius 2 is 0.714 bits per heavy atom. The zero-order valence-corrected chi connectivity index (χ0v) is 82.5. The van der Waals surface area contributed by atoms with E-state index in [-0.39, 0.29) is 98.0 Å². The third kappa shape index (κ3) is 99.7. The Hall–Kier alpha value is -3.63. The molecular weight excluding hydrogens is 1590 g/mol. The third-order valence-electron chi connectivity index (χ3n) is 16.2. The number of carboxylic acids is 1. The number of Topliss-reactive ketones (excluding diaryl/α,β-unsaturated/α-hetero) is 2. The van der Waals surface area contributed by atoms with Crippen molar-refractivity contribution in [3.63, 3.8) is 0 Å². The van der Waals surface area contributed by atoms with E-state index in [0.29, 0.717) is 169 Å². The topological polar surface area (TPSA) is 412 Å². The highest BCUT2D eigenvalue weighted by molar-refractivity contribution is 7.47. The van der Waals surface area contributed by atoms with Crippen molar-refractivity contribution in [2.75, 3.05) is 92.2 Å². The standard InChI is InChI=1S/C15H30N2O2.C15H29O5P.C14H29NO3.C13H26NO7P.C11H22O2.C10H21NO.C9H21O4P/c1-12(2)7-5-8-14(18)16-9-6-10-17-15(19)11-13(3)4;1-11(2)9-15(16)13-5-7-14(8-6-13)20-21(17,18)19-10-12(3)4;1-12(2)5-7-17-9-10-18-8-6-15-14(16)11-13(3)4;1-8(2)6-11(15)14-12(13(16)17)10(5)21-22(18,19)20-7-9(3)4;1-9(2)5-6-13-8-11(12)7-10(3)4;1-8(2)5-6-11-10(12)7-9(3)4;1-8(2)5-6-12-14(10,11)13-7-9(3)4/h12-13H,5-11H2,1-4H3,(H,16,18)(H,17,19);11-14H,5-10H2,1-4H3,(H,17,18);12-13H,5-11H2,1-4H3,(H,15,16);8-10,12H,6-7H2,1-5H3,(H,14,15)(H,16,17)(H,18,19);9-10H,5-8H2,1-4H3;8-9H,5-7H2,1-4H3,(H,11,12);8-9H,5-7H2,1-4H3,(H,10,11). The van der Waals surface area contributed by atoms with Crippen molar-refractivity contribution in [3.05, 3.63) is 0 Å². The minimum atomic E-state index is -4.38. The van der Waals surface area contributed by atoms with Gasteiger partial charge in [-0.15, -0.1) is 0 Å². The fourth-order valence-corrected chi connectivity index (χ4v) is 12.9. The summed E-state index contributed by atoms with van der Waals surface area (Å²) in [7, 11) is -12.2. The average Bonchev–Trinajstić information content (AvgIpc) is 0.861. The van der Waals surface area contributed by atoms with Gasteiger partial charge in [0.25, 0.3) is 0 Å². The molecule has 5 amide bonds. The molecule has 710 valence electrons. The van der Waals surface area contributed by atoms with Gasteiger partial charge in [-0.3, -0.25) is 60.7 Å². The Bertz CT molecular complexity index is 2710. The fourth-order valence-electron chi connectivity index (χ4n) is 9.79. The fraction of sp³-hybridized carbons (Fsp3) is 0.908. The maximum atomic E-state index is 12.0. The maximum absolute atomic E-state index is 12.0. The van der Waals surface area contributed by atoms with Crippen molar-refractivity contribution in [1.29, 1.82) is 0 Å². The molecular formula is C87H178N5O24P3. The van der Waals surface area contributed by atoms with E-state index >= 15 is 0 Å². The molecule has 9 N–H and O–H groups in total. The number of phosphoric ester groups is 3. The van der Waals surface area contributed by atoms with Crippen molar-refractivity contribution >= 4 is 70.5 Å². The van der Waals surface area contributed by atoms with Crippen molar-refractivity contribution in [2.24, 2.45) is 88.8 Å². The number of hydrogen-bond acceptors (Lipinski definition) is 20. The van der Waals surface area contributed by atoms with Crippen LogP contribution in [0.4, 0.5) is 0 Å². The summed E-state index contributed by atoms with van der Waals surface area (Å²) >= 11 is 0. The van der Waals surface area contributed by atoms with Crippen LogP contribution in [-0.4, -0.2) is 177 Å².